The molecule has 1 fully saturated rings. The molecule has 24 heavy (non-hydrogen) atoms. The van der Waals surface area contributed by atoms with E-state index in [-0.39, 0.29) is 24.4 Å². The van der Waals surface area contributed by atoms with E-state index in [1.165, 1.54) is 0 Å². The van der Waals surface area contributed by atoms with Crippen molar-refractivity contribution in [2.75, 3.05) is 16.8 Å². The molecule has 5 nitrogen and oxygen atoms in total. The van der Waals surface area contributed by atoms with Crippen LogP contribution in [0, 0.1) is 0 Å². The highest BCUT2D eigenvalue weighted by molar-refractivity contribution is 6.31. The molecule has 0 radical (unpaired) electrons. The molecular formula is C17H15Cl2N3O2. The van der Waals surface area contributed by atoms with Gasteiger partial charge in [0.1, 0.15) is 0 Å². The number of carbonyl (C=O) groups excluding carboxylic acids is 2. The molecule has 0 saturated carbocycles. The van der Waals surface area contributed by atoms with Crippen molar-refractivity contribution in [1.29, 1.82) is 0 Å². The van der Waals surface area contributed by atoms with Crippen LogP contribution in [0.2, 0.25) is 10.0 Å². The number of carbonyl (C=O) groups is 2. The highest BCUT2D eigenvalue weighted by Gasteiger charge is 2.31. The molecule has 2 N–H and O–H groups in total. The number of hydrogen-bond donors (Lipinski definition) is 2. The van der Waals surface area contributed by atoms with Crippen LogP contribution in [0.1, 0.15) is 6.42 Å². The number of hydrogen-bond acceptors (Lipinski definition) is 2. The van der Waals surface area contributed by atoms with Gasteiger partial charge in [0, 0.05) is 34.4 Å². The second-order valence-electron chi connectivity index (χ2n) is 5.49. The smallest absolute Gasteiger partial charge is 0.319 e. The van der Waals surface area contributed by atoms with Crippen molar-refractivity contribution in [2.45, 2.75) is 12.5 Å². The standard InChI is InChI=1S/C17H15Cl2N3O2/c18-11-4-6-15(7-5-11)22-10-14(9-16(22)23)21-17(24)20-13-3-1-2-12(19)8-13/h1-8,14H,9-10H2,(H2,20,21,24)/t14-/m1/s1. The Hall–Kier alpha value is -2.24. The summed E-state index contributed by atoms with van der Waals surface area (Å²) in [6.07, 6.45) is 0.256. The van der Waals surface area contributed by atoms with E-state index >= 15 is 0 Å². The fourth-order valence-electron chi connectivity index (χ4n) is 2.59. The number of amides is 3. The molecule has 1 aliphatic heterocycles. The Bertz CT molecular complexity index is 765. The van der Waals surface area contributed by atoms with Gasteiger partial charge in [-0.3, -0.25) is 4.79 Å². The number of rotatable bonds is 3. The summed E-state index contributed by atoms with van der Waals surface area (Å²) in [6, 6.07) is 13.3. The van der Waals surface area contributed by atoms with Gasteiger partial charge in [-0.1, -0.05) is 29.3 Å². The number of nitrogens with one attached hydrogen (secondary N) is 2. The molecule has 0 aromatic heterocycles. The van der Waals surface area contributed by atoms with Gasteiger partial charge in [-0.15, -0.1) is 0 Å². The van der Waals surface area contributed by atoms with Gasteiger partial charge >= 0.3 is 6.03 Å². The van der Waals surface area contributed by atoms with Crippen molar-refractivity contribution in [3.63, 3.8) is 0 Å². The molecule has 0 spiro atoms. The van der Waals surface area contributed by atoms with Gasteiger partial charge in [0.05, 0.1) is 6.04 Å². The zero-order valence-corrected chi connectivity index (χ0v) is 14.1. The molecule has 0 unspecified atom stereocenters. The van der Waals surface area contributed by atoms with E-state index in [0.717, 1.165) is 5.69 Å². The van der Waals surface area contributed by atoms with E-state index in [4.69, 9.17) is 23.2 Å². The second-order valence-corrected chi connectivity index (χ2v) is 6.36. The van der Waals surface area contributed by atoms with Crippen molar-refractivity contribution in [2.24, 2.45) is 0 Å². The van der Waals surface area contributed by atoms with Crippen LogP contribution in [0.4, 0.5) is 16.2 Å². The summed E-state index contributed by atoms with van der Waals surface area (Å²) in [7, 11) is 0. The Morgan fingerprint density at radius 2 is 1.83 bits per heavy atom. The van der Waals surface area contributed by atoms with Crippen LogP contribution in [-0.4, -0.2) is 24.5 Å². The molecular weight excluding hydrogens is 349 g/mol. The number of benzene rings is 2. The molecule has 1 aliphatic rings. The molecule has 1 saturated heterocycles. The lowest BCUT2D eigenvalue weighted by Gasteiger charge is -2.17. The molecule has 3 amide bonds. The molecule has 3 rings (SSSR count). The van der Waals surface area contributed by atoms with Crippen LogP contribution in [0.15, 0.2) is 48.5 Å². The lowest BCUT2D eigenvalue weighted by molar-refractivity contribution is -0.117. The van der Waals surface area contributed by atoms with E-state index in [9.17, 15) is 9.59 Å². The van der Waals surface area contributed by atoms with Gasteiger partial charge in [-0.2, -0.15) is 0 Å². The predicted octanol–water partition coefficient (Wildman–Crippen LogP) is 3.92. The largest absolute Gasteiger partial charge is 0.333 e. The van der Waals surface area contributed by atoms with Crippen LogP contribution in [-0.2, 0) is 4.79 Å². The van der Waals surface area contributed by atoms with Gasteiger partial charge in [-0.05, 0) is 42.5 Å². The van der Waals surface area contributed by atoms with E-state index in [1.807, 2.05) is 0 Å². The fraction of sp³-hybridized carbons (Fsp3) is 0.176. The average Bonchev–Trinajstić information content (AvgIpc) is 2.88. The van der Waals surface area contributed by atoms with Gasteiger partial charge in [-0.25, -0.2) is 4.79 Å². The first-order chi connectivity index (χ1) is 11.5. The highest BCUT2D eigenvalue weighted by atomic mass is 35.5. The maximum atomic E-state index is 12.2. The Morgan fingerprint density at radius 1 is 1.08 bits per heavy atom. The van der Waals surface area contributed by atoms with Crippen molar-refractivity contribution in [3.8, 4) is 0 Å². The molecule has 2 aromatic carbocycles. The number of nitrogens with zero attached hydrogens (tertiary/aromatic N) is 1. The Balaban J connectivity index is 1.59. The summed E-state index contributed by atoms with van der Waals surface area (Å²) in [6.45, 7) is 0.420. The third-order valence-corrected chi connectivity index (χ3v) is 4.17. The highest BCUT2D eigenvalue weighted by Crippen LogP contribution is 2.23. The lowest BCUT2D eigenvalue weighted by atomic mass is 10.2. The first-order valence-electron chi connectivity index (χ1n) is 7.40. The van der Waals surface area contributed by atoms with Gasteiger partial charge < -0.3 is 15.5 Å². The quantitative estimate of drug-likeness (QED) is 0.867. The lowest BCUT2D eigenvalue weighted by Crippen LogP contribution is -2.39. The molecule has 1 atom stereocenters. The number of anilines is 2. The molecule has 124 valence electrons. The summed E-state index contributed by atoms with van der Waals surface area (Å²) in [4.78, 5) is 25.9. The third kappa shape index (κ3) is 3.99. The summed E-state index contributed by atoms with van der Waals surface area (Å²) in [5.74, 6) is -0.0367. The van der Waals surface area contributed by atoms with Crippen LogP contribution >= 0.6 is 23.2 Å². The van der Waals surface area contributed by atoms with Crippen molar-refractivity contribution >= 4 is 46.5 Å². The maximum Gasteiger partial charge on any atom is 0.319 e. The summed E-state index contributed by atoms with van der Waals surface area (Å²) in [5.41, 5.74) is 1.36. The third-order valence-electron chi connectivity index (χ3n) is 3.68. The van der Waals surface area contributed by atoms with Crippen LogP contribution < -0.4 is 15.5 Å². The first-order valence-corrected chi connectivity index (χ1v) is 8.16. The molecule has 0 aliphatic carbocycles. The van der Waals surface area contributed by atoms with E-state index in [1.54, 1.807) is 53.4 Å². The predicted molar refractivity (Wildman–Crippen MR) is 95.8 cm³/mol. The maximum absolute atomic E-state index is 12.2. The van der Waals surface area contributed by atoms with Crippen LogP contribution in [0.5, 0.6) is 0 Å². The van der Waals surface area contributed by atoms with Gasteiger partial charge in [0.25, 0.3) is 0 Å². The fourth-order valence-corrected chi connectivity index (χ4v) is 2.91. The van der Waals surface area contributed by atoms with E-state index in [2.05, 4.69) is 10.6 Å². The minimum absolute atomic E-state index is 0.0367. The molecule has 1 heterocycles. The number of urea groups is 1. The first kappa shape index (κ1) is 16.6. The van der Waals surface area contributed by atoms with E-state index in [0.29, 0.717) is 22.3 Å². The van der Waals surface area contributed by atoms with Gasteiger partial charge in [0.15, 0.2) is 0 Å². The Morgan fingerprint density at radius 3 is 2.54 bits per heavy atom. The monoisotopic (exact) mass is 363 g/mol. The van der Waals surface area contributed by atoms with Crippen molar-refractivity contribution < 1.29 is 9.59 Å². The second kappa shape index (κ2) is 7.11. The molecule has 2 aromatic rings. The molecule has 0 bridgehead atoms. The van der Waals surface area contributed by atoms with Crippen LogP contribution in [0.3, 0.4) is 0 Å². The minimum atomic E-state index is -0.368. The minimum Gasteiger partial charge on any atom is -0.333 e. The van der Waals surface area contributed by atoms with Gasteiger partial charge in [0.2, 0.25) is 5.91 Å². The Kier molecular flexibility index (Phi) is 4.92. The summed E-state index contributed by atoms with van der Waals surface area (Å²) in [5, 5.41) is 6.66. The average molecular weight is 364 g/mol. The topological polar surface area (TPSA) is 61.4 Å². The number of halogens is 2. The molecule has 7 heteroatoms. The summed E-state index contributed by atoms with van der Waals surface area (Å²) >= 11 is 11.7. The van der Waals surface area contributed by atoms with Crippen molar-refractivity contribution in [1.82, 2.24) is 5.32 Å². The summed E-state index contributed by atoms with van der Waals surface area (Å²) < 4.78 is 0. The SMILES string of the molecule is O=C(Nc1cccc(Cl)c1)N[C@@H]1CC(=O)N(c2ccc(Cl)cc2)C1. The Labute approximate surface area is 149 Å². The van der Waals surface area contributed by atoms with Crippen LogP contribution in [0.25, 0.3) is 0 Å². The normalized spacial score (nSPS) is 17.0. The zero-order chi connectivity index (χ0) is 17.1. The van der Waals surface area contributed by atoms with Crippen molar-refractivity contribution in [3.05, 3.63) is 58.6 Å². The van der Waals surface area contributed by atoms with E-state index < -0.39 is 0 Å². The zero-order valence-electron chi connectivity index (χ0n) is 12.6.